The molecule has 8 rings (SSSR count). The van der Waals surface area contributed by atoms with E-state index in [1.807, 2.05) is 11.9 Å². The number of piperidine rings is 2. The van der Waals surface area contributed by atoms with Gasteiger partial charge < -0.3 is 39.2 Å². The number of halogens is 2. The lowest BCUT2D eigenvalue weighted by atomic mass is 10.0. The fraction of sp³-hybridized carbons (Fsp3) is 0.453. The van der Waals surface area contributed by atoms with Gasteiger partial charge in [0.05, 0.1) is 60.0 Å². The van der Waals surface area contributed by atoms with Crippen molar-refractivity contribution in [3.05, 3.63) is 90.1 Å². The number of sulfonamides is 1. The summed E-state index contributed by atoms with van der Waals surface area (Å²) in [5, 5.41) is 8.22. The summed E-state index contributed by atoms with van der Waals surface area (Å²) in [7, 11) is -1.98. The first-order valence-corrected chi connectivity index (χ1v) is 27.7. The number of benzene rings is 2. The number of hydrogen-bond acceptors (Lipinski definition) is 16. The molecular formula is C53H63F2N11O11S. The van der Waals surface area contributed by atoms with Gasteiger partial charge in [-0.25, -0.2) is 32.2 Å². The molecule has 3 aliphatic heterocycles. The maximum Gasteiger partial charge on any atom is 0.264 e. The van der Waals surface area contributed by atoms with Gasteiger partial charge in [0.1, 0.15) is 29.7 Å². The van der Waals surface area contributed by atoms with Gasteiger partial charge in [0.2, 0.25) is 33.7 Å². The van der Waals surface area contributed by atoms with E-state index in [0.717, 1.165) is 17.0 Å². The molecular weight excluding hydrogens is 1040 g/mol. The average Bonchev–Trinajstić information content (AvgIpc) is 4.09. The minimum absolute atomic E-state index is 0.00406. The van der Waals surface area contributed by atoms with Crippen molar-refractivity contribution >= 4 is 73.7 Å². The van der Waals surface area contributed by atoms with Crippen LogP contribution >= 0.6 is 0 Å². The molecule has 6 heterocycles. The smallest absolute Gasteiger partial charge is 0.264 e. The number of amides is 6. The van der Waals surface area contributed by atoms with Crippen LogP contribution in [-0.4, -0.2) is 164 Å². The molecule has 2 fully saturated rings. The SMILES string of the molecule is CCCS(=O)(=O)Nc1ccc(F)c(-n2cc(-c3cncnc3)c3nc(N(C)C4CCN(C(=O)CCC(=O)NCCCOCCOCCOCCCNc5cccc6c5C(=O)N(C5CCC(=O)NC5=O)C6=O)CC4)ccc32)c1F. The molecule has 2 aromatic carbocycles. The molecule has 0 saturated carbocycles. The average molecular weight is 1100 g/mol. The van der Waals surface area contributed by atoms with Crippen LogP contribution in [0.1, 0.15) is 85.4 Å². The summed E-state index contributed by atoms with van der Waals surface area (Å²) < 4.78 is 77.1. The van der Waals surface area contributed by atoms with Gasteiger partial charge in [0.15, 0.2) is 5.82 Å². The van der Waals surface area contributed by atoms with Crippen LogP contribution in [0.5, 0.6) is 0 Å². The Hall–Kier alpha value is -7.48. The van der Waals surface area contributed by atoms with Gasteiger partial charge in [0.25, 0.3) is 11.8 Å². The number of nitrogens with one attached hydrogen (secondary N) is 4. The normalized spacial score (nSPS) is 15.9. The number of pyridine rings is 1. The van der Waals surface area contributed by atoms with Gasteiger partial charge in [-0.2, -0.15) is 0 Å². The Balaban J connectivity index is 0.686. The van der Waals surface area contributed by atoms with E-state index in [4.69, 9.17) is 19.2 Å². The summed E-state index contributed by atoms with van der Waals surface area (Å²) in [6.45, 7) is 5.79. The number of carbonyl (C=O) groups is 6. The third kappa shape index (κ3) is 13.6. The number of anilines is 3. The number of carbonyl (C=O) groups excluding carboxylic acids is 6. The lowest BCUT2D eigenvalue weighted by Gasteiger charge is -2.37. The van der Waals surface area contributed by atoms with Crippen molar-refractivity contribution in [3.63, 3.8) is 0 Å². The fourth-order valence-electron chi connectivity index (χ4n) is 9.61. The third-order valence-electron chi connectivity index (χ3n) is 13.6. The fourth-order valence-corrected chi connectivity index (χ4v) is 10.7. The maximum atomic E-state index is 16.1. The van der Waals surface area contributed by atoms with E-state index in [0.29, 0.717) is 132 Å². The van der Waals surface area contributed by atoms with Crippen molar-refractivity contribution in [1.82, 2.24) is 40.0 Å². The van der Waals surface area contributed by atoms with Crippen LogP contribution in [0, 0.1) is 11.6 Å². The minimum Gasteiger partial charge on any atom is -0.384 e. The molecule has 0 bridgehead atoms. The van der Waals surface area contributed by atoms with Crippen molar-refractivity contribution in [2.45, 2.75) is 76.8 Å². The van der Waals surface area contributed by atoms with E-state index >= 15 is 8.78 Å². The van der Waals surface area contributed by atoms with E-state index in [1.165, 1.54) is 17.1 Å². The standard InChI is InChI=1S/C53H63F2N11O11S/c1-3-29-78(73,74)62-40-10-9-38(54)50(48(40)55)65-32-37(34-30-56-33-57-31-34)49-41(65)11-13-43(60-49)63(2)35-17-21-64(22-18-35)46(69)16-15-44(67)59-20-6-24-76-26-28-77-27-25-75-23-5-19-58-39-8-4-7-36-47(39)53(72)66(52(36)71)42-12-14-45(68)61-51(42)70/h4,7-11,13,30-33,35,42,58,62H,3,5-6,12,14-29H2,1-2H3,(H,59,67)(H,61,68,70). The second-order valence-electron chi connectivity index (χ2n) is 19.0. The van der Waals surface area contributed by atoms with E-state index in [9.17, 15) is 37.2 Å². The van der Waals surface area contributed by atoms with Crippen molar-refractivity contribution < 1.29 is 60.2 Å². The molecule has 0 radical (unpaired) electrons. The molecule has 0 aliphatic carbocycles. The molecule has 0 spiro atoms. The highest BCUT2D eigenvalue weighted by molar-refractivity contribution is 7.92. The van der Waals surface area contributed by atoms with Crippen LogP contribution in [0.4, 0.5) is 26.0 Å². The third-order valence-corrected chi connectivity index (χ3v) is 15.1. The van der Waals surface area contributed by atoms with Crippen LogP contribution in [0.2, 0.25) is 0 Å². The van der Waals surface area contributed by atoms with Crippen LogP contribution in [0.15, 0.2) is 67.4 Å². The number of nitrogens with zero attached hydrogens (tertiary/aromatic N) is 7. The highest BCUT2D eigenvalue weighted by Gasteiger charge is 2.45. The van der Waals surface area contributed by atoms with Crippen molar-refractivity contribution in [3.8, 4) is 16.8 Å². The summed E-state index contributed by atoms with van der Waals surface area (Å²) in [5.74, 6) is -4.21. The first-order chi connectivity index (χ1) is 37.6. The zero-order chi connectivity index (χ0) is 55.3. The number of hydrogen-bond donors (Lipinski definition) is 4. The van der Waals surface area contributed by atoms with Gasteiger partial charge in [0, 0.05) is 107 Å². The van der Waals surface area contributed by atoms with Crippen LogP contribution in [-0.2, 0) is 43.4 Å². The molecule has 416 valence electrons. The van der Waals surface area contributed by atoms with Crippen LogP contribution in [0.3, 0.4) is 0 Å². The summed E-state index contributed by atoms with van der Waals surface area (Å²) >= 11 is 0. The zero-order valence-corrected chi connectivity index (χ0v) is 44.2. The van der Waals surface area contributed by atoms with Crippen molar-refractivity contribution in [1.29, 1.82) is 0 Å². The molecule has 78 heavy (non-hydrogen) atoms. The number of imide groups is 2. The van der Waals surface area contributed by atoms with Gasteiger partial charge in [-0.05, 0) is 74.9 Å². The topological polar surface area (TPSA) is 266 Å². The van der Waals surface area contributed by atoms with E-state index in [1.54, 1.807) is 54.5 Å². The number of ether oxygens (including phenoxy) is 3. The second-order valence-corrected chi connectivity index (χ2v) is 20.8. The number of rotatable bonds is 27. The Bertz CT molecular complexity index is 3120. The molecule has 22 nitrogen and oxygen atoms in total. The lowest BCUT2D eigenvalue weighted by Crippen LogP contribution is -2.54. The van der Waals surface area contributed by atoms with E-state index in [-0.39, 0.29) is 66.1 Å². The second kappa shape index (κ2) is 26.2. The first kappa shape index (κ1) is 56.7. The van der Waals surface area contributed by atoms with Gasteiger partial charge in [-0.1, -0.05) is 13.0 Å². The summed E-state index contributed by atoms with van der Waals surface area (Å²) in [6.07, 6.45) is 9.04. The summed E-state index contributed by atoms with van der Waals surface area (Å²) in [4.78, 5) is 93.9. The molecule has 3 aromatic heterocycles. The highest BCUT2D eigenvalue weighted by Crippen LogP contribution is 2.37. The molecule has 6 amide bonds. The number of likely N-dealkylation sites (tertiary alicyclic amines) is 1. The Kier molecular flexibility index (Phi) is 19.1. The molecule has 1 atom stereocenters. The zero-order valence-electron chi connectivity index (χ0n) is 43.4. The molecule has 25 heteroatoms. The molecule has 5 aromatic rings. The predicted octanol–water partition coefficient (Wildman–Crippen LogP) is 4.58. The monoisotopic (exact) mass is 1100 g/mol. The van der Waals surface area contributed by atoms with E-state index in [2.05, 4.69) is 30.6 Å². The first-order valence-electron chi connectivity index (χ1n) is 26.0. The Morgan fingerprint density at radius 1 is 0.833 bits per heavy atom. The lowest BCUT2D eigenvalue weighted by molar-refractivity contribution is -0.136. The van der Waals surface area contributed by atoms with Crippen LogP contribution < -0.4 is 25.6 Å². The van der Waals surface area contributed by atoms with Crippen molar-refractivity contribution in [2.24, 2.45) is 0 Å². The summed E-state index contributed by atoms with van der Waals surface area (Å²) in [6, 6.07) is 9.38. The maximum absolute atomic E-state index is 16.1. The highest BCUT2D eigenvalue weighted by atomic mass is 32.2. The molecule has 1 unspecified atom stereocenters. The molecule has 3 aliphatic rings. The van der Waals surface area contributed by atoms with E-state index < -0.39 is 57.0 Å². The van der Waals surface area contributed by atoms with Gasteiger partial charge >= 0.3 is 0 Å². The molecule has 2 saturated heterocycles. The Morgan fingerprint density at radius 2 is 1.54 bits per heavy atom. The number of fused-ring (bicyclic) bond motifs is 2. The minimum atomic E-state index is -3.88. The molecule has 4 N–H and O–H groups in total. The predicted molar refractivity (Wildman–Crippen MR) is 283 cm³/mol. The van der Waals surface area contributed by atoms with Gasteiger partial charge in [-0.3, -0.25) is 43.7 Å². The Morgan fingerprint density at radius 3 is 2.24 bits per heavy atom. The quantitative estimate of drug-likeness (QED) is 0.0414. The van der Waals surface area contributed by atoms with Crippen molar-refractivity contribution in [2.75, 3.05) is 93.6 Å². The largest absolute Gasteiger partial charge is 0.384 e. The Labute approximate surface area is 449 Å². The number of aromatic nitrogens is 4. The summed E-state index contributed by atoms with van der Waals surface area (Å²) in [5.41, 5.74) is 1.84. The van der Waals surface area contributed by atoms with Crippen LogP contribution in [0.25, 0.3) is 27.8 Å². The van der Waals surface area contributed by atoms with Gasteiger partial charge in [-0.15, -0.1) is 0 Å².